The highest BCUT2D eigenvalue weighted by molar-refractivity contribution is 5.79. The van der Waals surface area contributed by atoms with Crippen LogP contribution < -0.4 is 11.1 Å². The van der Waals surface area contributed by atoms with Gasteiger partial charge in [0.1, 0.15) is 6.61 Å². The highest BCUT2D eigenvalue weighted by Crippen LogP contribution is 2.44. The summed E-state index contributed by atoms with van der Waals surface area (Å²) in [5.41, 5.74) is 10.9. The van der Waals surface area contributed by atoms with Crippen molar-refractivity contribution in [2.45, 2.75) is 37.6 Å². The van der Waals surface area contributed by atoms with Gasteiger partial charge in [0.25, 0.3) is 0 Å². The topological polar surface area (TPSA) is 64.3 Å². The SMILES string of the molecule is N[C@H]1CC[C@@H](CNC(=O)OCC2c3ccccc3-c3ccccc32)CC1. The first-order valence-corrected chi connectivity index (χ1v) is 9.57. The average molecular weight is 350 g/mol. The number of rotatable bonds is 4. The van der Waals surface area contributed by atoms with Crippen LogP contribution >= 0.6 is 0 Å². The number of hydrogen-bond donors (Lipinski definition) is 2. The fourth-order valence-corrected chi connectivity index (χ4v) is 4.27. The predicted molar refractivity (Wildman–Crippen MR) is 103 cm³/mol. The van der Waals surface area contributed by atoms with Crippen LogP contribution in [0.3, 0.4) is 0 Å². The lowest BCUT2D eigenvalue weighted by atomic mass is 9.86. The Bertz CT molecular complexity index is 736. The first kappa shape index (κ1) is 17.1. The summed E-state index contributed by atoms with van der Waals surface area (Å²) in [5.74, 6) is 0.635. The number of fused-ring (bicyclic) bond motifs is 3. The van der Waals surface area contributed by atoms with Crippen molar-refractivity contribution in [3.05, 3.63) is 59.7 Å². The summed E-state index contributed by atoms with van der Waals surface area (Å²) in [6, 6.07) is 17.1. The van der Waals surface area contributed by atoms with E-state index in [1.165, 1.54) is 22.3 Å². The summed E-state index contributed by atoms with van der Waals surface area (Å²) < 4.78 is 5.58. The van der Waals surface area contributed by atoms with Crippen molar-refractivity contribution < 1.29 is 9.53 Å². The van der Waals surface area contributed by atoms with Gasteiger partial charge in [0.2, 0.25) is 0 Å². The van der Waals surface area contributed by atoms with Crippen LogP contribution in [0.15, 0.2) is 48.5 Å². The number of benzene rings is 2. The monoisotopic (exact) mass is 350 g/mol. The molecule has 0 aliphatic heterocycles. The van der Waals surface area contributed by atoms with Gasteiger partial charge in [-0.05, 0) is 53.9 Å². The lowest BCUT2D eigenvalue weighted by Crippen LogP contribution is -2.34. The minimum absolute atomic E-state index is 0.112. The maximum absolute atomic E-state index is 12.2. The maximum atomic E-state index is 12.2. The van der Waals surface area contributed by atoms with E-state index in [9.17, 15) is 4.79 Å². The molecule has 3 N–H and O–H groups in total. The Hall–Kier alpha value is -2.33. The van der Waals surface area contributed by atoms with Crippen LogP contribution in [0.4, 0.5) is 4.79 Å². The molecule has 0 unspecified atom stereocenters. The van der Waals surface area contributed by atoms with Gasteiger partial charge in [0, 0.05) is 18.5 Å². The Labute approximate surface area is 154 Å². The van der Waals surface area contributed by atoms with Crippen molar-refractivity contribution >= 4 is 6.09 Å². The fourth-order valence-electron chi connectivity index (χ4n) is 4.27. The van der Waals surface area contributed by atoms with E-state index in [2.05, 4.69) is 41.7 Å². The molecule has 2 aromatic rings. The molecule has 0 heterocycles. The van der Waals surface area contributed by atoms with E-state index < -0.39 is 0 Å². The molecule has 0 aromatic heterocycles. The third-order valence-corrected chi connectivity index (χ3v) is 5.77. The van der Waals surface area contributed by atoms with Gasteiger partial charge < -0.3 is 15.8 Å². The number of alkyl carbamates (subject to hydrolysis) is 1. The highest BCUT2D eigenvalue weighted by atomic mass is 16.5. The van der Waals surface area contributed by atoms with Crippen LogP contribution in [-0.4, -0.2) is 25.3 Å². The van der Waals surface area contributed by atoms with Gasteiger partial charge in [-0.3, -0.25) is 0 Å². The third kappa shape index (κ3) is 3.47. The number of ether oxygens (including phenoxy) is 1. The van der Waals surface area contributed by atoms with Gasteiger partial charge in [-0.15, -0.1) is 0 Å². The van der Waals surface area contributed by atoms with Gasteiger partial charge >= 0.3 is 6.09 Å². The largest absolute Gasteiger partial charge is 0.449 e. The smallest absolute Gasteiger partial charge is 0.407 e. The van der Waals surface area contributed by atoms with Crippen LogP contribution in [0.2, 0.25) is 0 Å². The van der Waals surface area contributed by atoms with Crippen molar-refractivity contribution in [1.82, 2.24) is 5.32 Å². The van der Waals surface area contributed by atoms with Crippen molar-refractivity contribution in [3.63, 3.8) is 0 Å². The number of carbonyl (C=O) groups is 1. The fraction of sp³-hybridized carbons (Fsp3) is 0.409. The van der Waals surface area contributed by atoms with E-state index in [1.807, 2.05) is 12.1 Å². The quantitative estimate of drug-likeness (QED) is 0.874. The second-order valence-corrected chi connectivity index (χ2v) is 7.49. The van der Waals surface area contributed by atoms with E-state index in [0.717, 1.165) is 25.7 Å². The van der Waals surface area contributed by atoms with E-state index in [0.29, 0.717) is 25.1 Å². The molecule has 2 aliphatic carbocycles. The normalized spacial score (nSPS) is 21.7. The zero-order valence-electron chi connectivity index (χ0n) is 15.0. The summed E-state index contributed by atoms with van der Waals surface area (Å²) in [6.45, 7) is 1.05. The van der Waals surface area contributed by atoms with E-state index >= 15 is 0 Å². The molecule has 4 heteroatoms. The molecule has 0 radical (unpaired) electrons. The van der Waals surface area contributed by atoms with Crippen molar-refractivity contribution in [1.29, 1.82) is 0 Å². The molecular weight excluding hydrogens is 324 g/mol. The molecule has 0 atom stereocenters. The Morgan fingerprint density at radius 1 is 0.962 bits per heavy atom. The summed E-state index contributed by atoms with van der Waals surface area (Å²) >= 11 is 0. The van der Waals surface area contributed by atoms with Gasteiger partial charge in [0.05, 0.1) is 0 Å². The summed E-state index contributed by atoms with van der Waals surface area (Å²) in [6.07, 6.45) is 3.96. The van der Waals surface area contributed by atoms with Crippen molar-refractivity contribution in [2.75, 3.05) is 13.2 Å². The standard InChI is InChI=1S/C22H26N2O2/c23-16-11-9-15(10-12-16)13-24-22(25)26-14-21-19-7-3-1-5-17(19)18-6-2-4-8-20(18)21/h1-8,15-16,21H,9-14,23H2,(H,24,25)/t15-,16+. The Balaban J connectivity index is 1.35. The zero-order valence-corrected chi connectivity index (χ0v) is 15.0. The van der Waals surface area contributed by atoms with Gasteiger partial charge in [-0.25, -0.2) is 4.79 Å². The molecule has 1 amide bonds. The van der Waals surface area contributed by atoms with Crippen LogP contribution in [0.25, 0.3) is 11.1 Å². The lowest BCUT2D eigenvalue weighted by molar-refractivity contribution is 0.140. The van der Waals surface area contributed by atoms with Crippen molar-refractivity contribution in [2.24, 2.45) is 11.7 Å². The van der Waals surface area contributed by atoms with Crippen LogP contribution in [-0.2, 0) is 4.74 Å². The molecule has 1 saturated carbocycles. The first-order chi connectivity index (χ1) is 12.7. The summed E-state index contributed by atoms with van der Waals surface area (Å²) in [4.78, 5) is 12.2. The number of carbonyl (C=O) groups excluding carboxylic acids is 1. The van der Waals surface area contributed by atoms with Crippen LogP contribution in [0.1, 0.15) is 42.7 Å². The molecule has 2 aromatic carbocycles. The van der Waals surface area contributed by atoms with Crippen LogP contribution in [0.5, 0.6) is 0 Å². The van der Waals surface area contributed by atoms with Crippen molar-refractivity contribution in [3.8, 4) is 11.1 Å². The Kier molecular flexibility index (Phi) is 4.93. The predicted octanol–water partition coefficient (Wildman–Crippen LogP) is 4.04. The summed E-state index contributed by atoms with van der Waals surface area (Å²) in [7, 11) is 0. The minimum Gasteiger partial charge on any atom is -0.449 e. The molecule has 0 saturated heterocycles. The first-order valence-electron chi connectivity index (χ1n) is 9.57. The third-order valence-electron chi connectivity index (χ3n) is 5.77. The summed E-state index contributed by atoms with van der Waals surface area (Å²) in [5, 5.41) is 2.94. The minimum atomic E-state index is -0.318. The second-order valence-electron chi connectivity index (χ2n) is 7.49. The molecule has 2 aliphatic rings. The second kappa shape index (κ2) is 7.50. The number of nitrogens with two attached hydrogens (primary N) is 1. The number of hydrogen-bond acceptors (Lipinski definition) is 3. The van der Waals surface area contributed by atoms with Gasteiger partial charge in [0.15, 0.2) is 0 Å². The Morgan fingerprint density at radius 3 is 2.15 bits per heavy atom. The van der Waals surface area contributed by atoms with E-state index in [4.69, 9.17) is 10.5 Å². The molecule has 0 bridgehead atoms. The van der Waals surface area contributed by atoms with Gasteiger partial charge in [-0.2, -0.15) is 0 Å². The lowest BCUT2D eigenvalue weighted by Gasteiger charge is -2.26. The highest BCUT2D eigenvalue weighted by Gasteiger charge is 2.29. The molecular formula is C22H26N2O2. The number of nitrogens with one attached hydrogen (secondary N) is 1. The van der Waals surface area contributed by atoms with E-state index in [1.54, 1.807) is 0 Å². The van der Waals surface area contributed by atoms with Crippen LogP contribution in [0, 0.1) is 5.92 Å². The van der Waals surface area contributed by atoms with Gasteiger partial charge in [-0.1, -0.05) is 48.5 Å². The molecule has 4 nitrogen and oxygen atoms in total. The molecule has 1 fully saturated rings. The zero-order chi connectivity index (χ0) is 17.9. The van der Waals surface area contributed by atoms with E-state index in [-0.39, 0.29) is 12.0 Å². The molecule has 4 rings (SSSR count). The maximum Gasteiger partial charge on any atom is 0.407 e. The number of amides is 1. The molecule has 136 valence electrons. The molecule has 0 spiro atoms. The average Bonchev–Trinajstić information content (AvgIpc) is 3.00. The molecule has 26 heavy (non-hydrogen) atoms. The Morgan fingerprint density at radius 2 is 1.54 bits per heavy atom.